The van der Waals surface area contributed by atoms with Gasteiger partial charge in [0.15, 0.2) is 17.4 Å². The molecule has 2 aromatic heterocycles. The molecular formula is C15H14F2N4O. The monoisotopic (exact) mass is 304 g/mol. The number of aromatic amines is 1. The number of rotatable bonds is 4. The van der Waals surface area contributed by atoms with E-state index < -0.39 is 11.6 Å². The number of ether oxygens (including phenoxy) is 1. The first-order valence-corrected chi connectivity index (χ1v) is 6.76. The molecule has 0 saturated heterocycles. The fourth-order valence-electron chi connectivity index (χ4n) is 2.00. The van der Waals surface area contributed by atoms with Gasteiger partial charge in [-0.2, -0.15) is 5.10 Å². The van der Waals surface area contributed by atoms with Gasteiger partial charge in [-0.25, -0.2) is 13.8 Å². The second-order valence-corrected chi connectivity index (χ2v) is 5.12. The fourth-order valence-corrected chi connectivity index (χ4v) is 2.00. The summed E-state index contributed by atoms with van der Waals surface area (Å²) in [6, 6.07) is 5.00. The molecular weight excluding hydrogens is 290 g/mol. The molecule has 2 heterocycles. The Labute approximate surface area is 125 Å². The lowest BCUT2D eigenvalue weighted by Gasteiger charge is -2.07. The SMILES string of the molecule is CC(C)Nc1n[nH]c2cc(Oc3ccc(F)cc3F)cnc12. The first-order valence-electron chi connectivity index (χ1n) is 6.76. The zero-order chi connectivity index (χ0) is 15.7. The summed E-state index contributed by atoms with van der Waals surface area (Å²) in [4.78, 5) is 4.26. The van der Waals surface area contributed by atoms with Gasteiger partial charge in [-0.1, -0.05) is 0 Å². The zero-order valence-corrected chi connectivity index (χ0v) is 12.0. The summed E-state index contributed by atoms with van der Waals surface area (Å²) in [5.41, 5.74) is 1.32. The van der Waals surface area contributed by atoms with Gasteiger partial charge in [-0.3, -0.25) is 5.10 Å². The Bertz CT molecular complexity index is 816. The Morgan fingerprint density at radius 2 is 2.05 bits per heavy atom. The molecule has 0 fully saturated rings. The second-order valence-electron chi connectivity index (χ2n) is 5.12. The van der Waals surface area contributed by atoms with E-state index in [4.69, 9.17) is 4.74 Å². The molecule has 3 rings (SSSR count). The highest BCUT2D eigenvalue weighted by atomic mass is 19.1. The lowest BCUT2D eigenvalue weighted by atomic mass is 10.3. The molecule has 2 N–H and O–H groups in total. The average Bonchev–Trinajstić information content (AvgIpc) is 2.84. The molecule has 0 spiro atoms. The molecule has 3 aromatic rings. The standard InChI is InChI=1S/C15H14F2N4O/c1-8(2)19-15-14-12(20-21-15)6-10(7-18-14)22-13-4-3-9(16)5-11(13)17/h3-8H,1-2H3,(H2,19,20,21). The molecule has 7 heteroatoms. The summed E-state index contributed by atoms with van der Waals surface area (Å²) in [7, 11) is 0. The second kappa shape index (κ2) is 5.59. The van der Waals surface area contributed by atoms with Crippen molar-refractivity contribution < 1.29 is 13.5 Å². The van der Waals surface area contributed by atoms with Crippen LogP contribution in [-0.2, 0) is 0 Å². The predicted octanol–water partition coefficient (Wildman–Crippen LogP) is 3.85. The van der Waals surface area contributed by atoms with Crippen LogP contribution in [0.25, 0.3) is 11.0 Å². The van der Waals surface area contributed by atoms with Gasteiger partial charge < -0.3 is 10.1 Å². The maximum atomic E-state index is 13.6. The Kier molecular flexibility index (Phi) is 3.62. The first-order chi connectivity index (χ1) is 10.5. The largest absolute Gasteiger partial charge is 0.453 e. The minimum Gasteiger partial charge on any atom is -0.453 e. The predicted molar refractivity (Wildman–Crippen MR) is 79.1 cm³/mol. The van der Waals surface area contributed by atoms with Gasteiger partial charge in [0.05, 0.1) is 11.7 Å². The van der Waals surface area contributed by atoms with Gasteiger partial charge in [-0.05, 0) is 26.0 Å². The van der Waals surface area contributed by atoms with Gasteiger partial charge in [0.25, 0.3) is 0 Å². The molecule has 0 saturated carbocycles. The maximum absolute atomic E-state index is 13.6. The number of halogens is 2. The summed E-state index contributed by atoms with van der Waals surface area (Å²) < 4.78 is 31.8. The summed E-state index contributed by atoms with van der Waals surface area (Å²) in [6.45, 7) is 3.99. The van der Waals surface area contributed by atoms with Crippen LogP contribution in [0.4, 0.5) is 14.6 Å². The van der Waals surface area contributed by atoms with Crippen molar-refractivity contribution in [2.75, 3.05) is 5.32 Å². The Hall–Kier alpha value is -2.70. The van der Waals surface area contributed by atoms with Crippen molar-refractivity contribution in [2.45, 2.75) is 19.9 Å². The Balaban J connectivity index is 1.89. The molecule has 0 aliphatic rings. The number of H-pyrrole nitrogens is 1. The molecule has 0 amide bonds. The fraction of sp³-hybridized carbons (Fsp3) is 0.200. The molecule has 0 unspecified atom stereocenters. The van der Waals surface area contributed by atoms with E-state index in [-0.39, 0.29) is 11.8 Å². The van der Waals surface area contributed by atoms with E-state index in [1.807, 2.05) is 13.8 Å². The average molecular weight is 304 g/mol. The number of nitrogens with one attached hydrogen (secondary N) is 2. The molecule has 114 valence electrons. The smallest absolute Gasteiger partial charge is 0.174 e. The lowest BCUT2D eigenvalue weighted by molar-refractivity contribution is 0.437. The molecule has 0 radical (unpaired) electrons. The maximum Gasteiger partial charge on any atom is 0.174 e. The minimum atomic E-state index is -0.771. The molecule has 0 bridgehead atoms. The number of hydrogen-bond acceptors (Lipinski definition) is 4. The van der Waals surface area contributed by atoms with Crippen molar-refractivity contribution in [3.8, 4) is 11.5 Å². The molecule has 0 aliphatic carbocycles. The van der Waals surface area contributed by atoms with Crippen molar-refractivity contribution in [3.63, 3.8) is 0 Å². The van der Waals surface area contributed by atoms with Gasteiger partial charge in [0.2, 0.25) is 0 Å². The van der Waals surface area contributed by atoms with Crippen LogP contribution >= 0.6 is 0 Å². The van der Waals surface area contributed by atoms with Crippen molar-refractivity contribution in [1.82, 2.24) is 15.2 Å². The highest BCUT2D eigenvalue weighted by Gasteiger charge is 2.11. The topological polar surface area (TPSA) is 62.8 Å². The van der Waals surface area contributed by atoms with Crippen LogP contribution in [0.15, 0.2) is 30.5 Å². The molecule has 22 heavy (non-hydrogen) atoms. The lowest BCUT2D eigenvalue weighted by Crippen LogP contribution is -2.10. The summed E-state index contributed by atoms with van der Waals surface area (Å²) in [5, 5.41) is 10.1. The van der Waals surface area contributed by atoms with E-state index in [1.165, 1.54) is 12.3 Å². The first kappa shape index (κ1) is 14.2. The van der Waals surface area contributed by atoms with E-state index in [0.29, 0.717) is 22.6 Å². The van der Waals surface area contributed by atoms with Gasteiger partial charge in [0, 0.05) is 18.2 Å². The Morgan fingerprint density at radius 1 is 1.23 bits per heavy atom. The number of aromatic nitrogens is 3. The third-order valence-electron chi connectivity index (χ3n) is 2.92. The summed E-state index contributed by atoms with van der Waals surface area (Å²) in [5.74, 6) is -0.520. The van der Waals surface area contributed by atoms with Crippen LogP contribution in [0.5, 0.6) is 11.5 Å². The van der Waals surface area contributed by atoms with E-state index in [0.717, 1.165) is 12.1 Å². The normalized spacial score (nSPS) is 11.1. The third kappa shape index (κ3) is 2.83. The van der Waals surface area contributed by atoms with Crippen LogP contribution in [-0.4, -0.2) is 21.2 Å². The van der Waals surface area contributed by atoms with Gasteiger partial charge >= 0.3 is 0 Å². The van der Waals surface area contributed by atoms with Gasteiger partial charge in [-0.15, -0.1) is 0 Å². The number of benzene rings is 1. The van der Waals surface area contributed by atoms with E-state index in [9.17, 15) is 8.78 Å². The number of hydrogen-bond donors (Lipinski definition) is 2. The van der Waals surface area contributed by atoms with E-state index in [1.54, 1.807) is 6.07 Å². The van der Waals surface area contributed by atoms with Crippen LogP contribution in [0, 0.1) is 11.6 Å². The van der Waals surface area contributed by atoms with Crippen molar-refractivity contribution >= 4 is 16.9 Å². The van der Waals surface area contributed by atoms with E-state index in [2.05, 4.69) is 20.5 Å². The van der Waals surface area contributed by atoms with Crippen molar-refractivity contribution in [3.05, 3.63) is 42.1 Å². The number of anilines is 1. The van der Waals surface area contributed by atoms with Gasteiger partial charge in [0.1, 0.15) is 17.1 Å². The van der Waals surface area contributed by atoms with Crippen LogP contribution in [0.2, 0.25) is 0 Å². The number of pyridine rings is 1. The molecule has 5 nitrogen and oxygen atoms in total. The highest BCUT2D eigenvalue weighted by molar-refractivity contribution is 5.86. The Morgan fingerprint density at radius 3 is 2.77 bits per heavy atom. The summed E-state index contributed by atoms with van der Waals surface area (Å²) >= 11 is 0. The molecule has 0 atom stereocenters. The van der Waals surface area contributed by atoms with E-state index >= 15 is 0 Å². The minimum absolute atomic E-state index is 0.0670. The quantitative estimate of drug-likeness (QED) is 0.768. The van der Waals surface area contributed by atoms with Crippen LogP contribution in [0.1, 0.15) is 13.8 Å². The zero-order valence-electron chi connectivity index (χ0n) is 12.0. The van der Waals surface area contributed by atoms with Crippen molar-refractivity contribution in [1.29, 1.82) is 0 Å². The summed E-state index contributed by atoms with van der Waals surface area (Å²) in [6.07, 6.45) is 1.46. The molecule has 0 aliphatic heterocycles. The van der Waals surface area contributed by atoms with Crippen molar-refractivity contribution in [2.24, 2.45) is 0 Å². The highest BCUT2D eigenvalue weighted by Crippen LogP contribution is 2.28. The molecule has 1 aromatic carbocycles. The number of nitrogens with zero attached hydrogens (tertiary/aromatic N) is 2. The van der Waals surface area contributed by atoms with Crippen LogP contribution in [0.3, 0.4) is 0 Å². The van der Waals surface area contributed by atoms with Crippen LogP contribution < -0.4 is 10.1 Å². The number of fused-ring (bicyclic) bond motifs is 1. The third-order valence-corrected chi connectivity index (χ3v) is 2.92.